The monoisotopic (exact) mass is 513 g/mol. The first kappa shape index (κ1) is 26.9. The van der Waals surface area contributed by atoms with E-state index in [1.165, 1.54) is 7.11 Å². The molecule has 0 aromatic heterocycles. The molecule has 0 atom stereocenters. The van der Waals surface area contributed by atoms with Crippen molar-refractivity contribution in [2.24, 2.45) is 0 Å². The summed E-state index contributed by atoms with van der Waals surface area (Å²) in [5.74, 6) is -1.05. The van der Waals surface area contributed by atoms with Gasteiger partial charge in [0.25, 0.3) is 0 Å². The van der Waals surface area contributed by atoms with E-state index in [9.17, 15) is 22.6 Å². The number of benzene rings is 1. The molecular weight excluding hydrogens is 482 g/mol. The summed E-state index contributed by atoms with van der Waals surface area (Å²) in [4.78, 5) is 26.6. The minimum absolute atomic E-state index is 0.0502. The van der Waals surface area contributed by atoms with Crippen molar-refractivity contribution in [3.05, 3.63) is 33.9 Å². The number of esters is 2. The van der Waals surface area contributed by atoms with Crippen LogP contribution in [-0.4, -0.2) is 76.4 Å². The van der Waals surface area contributed by atoms with Crippen molar-refractivity contribution in [1.29, 1.82) is 0 Å². The molecule has 1 saturated heterocycles. The molecule has 3 rings (SSSR count). The molecule has 2 heterocycles. The molecule has 194 valence electrons. The van der Waals surface area contributed by atoms with E-state index in [4.69, 9.17) is 23.1 Å². The Morgan fingerprint density at radius 1 is 1.20 bits per heavy atom. The Bertz CT molecular complexity index is 1090. The van der Waals surface area contributed by atoms with Gasteiger partial charge in [-0.15, -0.1) is 0 Å². The SMILES string of the molecule is COc1c(C)c2c(c(OS(=O)(=O)O)c1C/C=C(\C)CCC(=O)OCCN1CCOCC1)C(=O)OC2. The zero-order chi connectivity index (χ0) is 25.6. The first-order valence-corrected chi connectivity index (χ1v) is 12.6. The second-order valence-electron chi connectivity index (χ2n) is 8.34. The molecule has 12 heteroatoms. The number of hydrogen-bond donors (Lipinski definition) is 1. The maximum Gasteiger partial charge on any atom is 0.446 e. The Hall–Kier alpha value is -2.67. The van der Waals surface area contributed by atoms with Crippen LogP contribution >= 0.6 is 0 Å². The number of nitrogens with zero attached hydrogens (tertiary/aromatic N) is 1. The number of carbonyl (C=O) groups excluding carboxylic acids is 2. The van der Waals surface area contributed by atoms with Gasteiger partial charge >= 0.3 is 22.3 Å². The molecular formula is C23H31NO10S. The lowest BCUT2D eigenvalue weighted by molar-refractivity contribution is -0.144. The normalized spacial score (nSPS) is 16.6. The predicted octanol–water partition coefficient (Wildman–Crippen LogP) is 2.00. The maximum atomic E-state index is 12.3. The summed E-state index contributed by atoms with van der Waals surface area (Å²) < 4.78 is 58.3. The Morgan fingerprint density at radius 3 is 2.57 bits per heavy atom. The van der Waals surface area contributed by atoms with Crippen LogP contribution in [0.25, 0.3) is 0 Å². The van der Waals surface area contributed by atoms with Gasteiger partial charge in [-0.25, -0.2) is 4.79 Å². The van der Waals surface area contributed by atoms with Crippen LogP contribution in [0.5, 0.6) is 11.5 Å². The molecule has 0 bridgehead atoms. The largest absolute Gasteiger partial charge is 0.496 e. The molecule has 11 nitrogen and oxygen atoms in total. The van der Waals surface area contributed by atoms with Crippen molar-refractivity contribution in [3.8, 4) is 11.5 Å². The number of methoxy groups -OCH3 is 1. The van der Waals surface area contributed by atoms with Crippen molar-refractivity contribution in [1.82, 2.24) is 4.90 Å². The quantitative estimate of drug-likeness (QED) is 0.264. The van der Waals surface area contributed by atoms with Gasteiger partial charge in [-0.05, 0) is 32.3 Å². The van der Waals surface area contributed by atoms with Crippen molar-refractivity contribution < 1.29 is 45.7 Å². The van der Waals surface area contributed by atoms with E-state index in [-0.39, 0.29) is 42.3 Å². The lowest BCUT2D eigenvalue weighted by atomic mass is 9.94. The molecule has 0 aliphatic carbocycles. The van der Waals surface area contributed by atoms with E-state index in [2.05, 4.69) is 4.90 Å². The third kappa shape index (κ3) is 7.17. The van der Waals surface area contributed by atoms with Gasteiger partial charge in [0.05, 0.1) is 20.3 Å². The van der Waals surface area contributed by atoms with Gasteiger partial charge in [0, 0.05) is 37.2 Å². The number of hydrogen-bond acceptors (Lipinski definition) is 10. The second kappa shape index (κ2) is 11.8. The standard InChI is InChI=1S/C23H31NO10S/c1-15(5-7-19(25)32-13-10-24-8-11-31-12-9-24)4-6-17-21(30-3)16(2)18-14-33-23(26)20(18)22(17)34-35(27,28)29/h4H,5-14H2,1-3H3,(H,27,28,29)/b15-4+. The molecule has 0 saturated carbocycles. The molecule has 0 amide bonds. The molecule has 1 aromatic carbocycles. The summed E-state index contributed by atoms with van der Waals surface area (Å²) in [5.41, 5.74) is 2.12. The fourth-order valence-electron chi connectivity index (χ4n) is 4.07. The molecule has 35 heavy (non-hydrogen) atoms. The van der Waals surface area contributed by atoms with Gasteiger partial charge in [-0.3, -0.25) is 14.2 Å². The minimum Gasteiger partial charge on any atom is -0.496 e. The molecule has 2 aliphatic rings. The van der Waals surface area contributed by atoms with Crippen molar-refractivity contribution in [3.63, 3.8) is 0 Å². The highest BCUT2D eigenvalue weighted by atomic mass is 32.3. The van der Waals surface area contributed by atoms with Crippen LogP contribution in [0.4, 0.5) is 0 Å². The topological polar surface area (TPSA) is 138 Å². The molecule has 0 radical (unpaired) electrons. The third-order valence-electron chi connectivity index (χ3n) is 5.97. The van der Waals surface area contributed by atoms with Gasteiger partial charge in [0.2, 0.25) is 0 Å². The number of cyclic esters (lactones) is 1. The Morgan fingerprint density at radius 2 is 1.91 bits per heavy atom. The van der Waals surface area contributed by atoms with Crippen LogP contribution in [0.2, 0.25) is 0 Å². The van der Waals surface area contributed by atoms with Gasteiger partial charge < -0.3 is 23.1 Å². The van der Waals surface area contributed by atoms with Crippen LogP contribution in [0.3, 0.4) is 0 Å². The van der Waals surface area contributed by atoms with Crippen molar-refractivity contribution in [2.45, 2.75) is 39.7 Å². The Balaban J connectivity index is 1.67. The number of morpholine rings is 1. The lowest BCUT2D eigenvalue weighted by Gasteiger charge is -2.26. The minimum atomic E-state index is -4.92. The number of rotatable bonds is 11. The third-order valence-corrected chi connectivity index (χ3v) is 6.34. The van der Waals surface area contributed by atoms with Crippen molar-refractivity contribution in [2.75, 3.05) is 46.6 Å². The average Bonchev–Trinajstić information content (AvgIpc) is 3.20. The Kier molecular flexibility index (Phi) is 9.11. The van der Waals surface area contributed by atoms with E-state index in [1.54, 1.807) is 13.0 Å². The van der Waals surface area contributed by atoms with E-state index < -0.39 is 16.4 Å². The summed E-state index contributed by atoms with van der Waals surface area (Å²) in [6, 6.07) is 0. The van der Waals surface area contributed by atoms with Crippen LogP contribution < -0.4 is 8.92 Å². The van der Waals surface area contributed by atoms with Crippen LogP contribution in [0, 0.1) is 6.92 Å². The van der Waals surface area contributed by atoms with Gasteiger partial charge in [0.15, 0.2) is 5.75 Å². The first-order valence-electron chi connectivity index (χ1n) is 11.3. The number of carbonyl (C=O) groups is 2. The number of ether oxygens (including phenoxy) is 4. The zero-order valence-corrected chi connectivity index (χ0v) is 20.9. The van der Waals surface area contributed by atoms with Crippen LogP contribution in [0.1, 0.15) is 46.8 Å². The summed E-state index contributed by atoms with van der Waals surface area (Å²) in [6.07, 6.45) is 2.53. The van der Waals surface area contributed by atoms with E-state index in [0.29, 0.717) is 49.7 Å². The zero-order valence-electron chi connectivity index (χ0n) is 20.1. The highest BCUT2D eigenvalue weighted by molar-refractivity contribution is 7.81. The smallest absolute Gasteiger partial charge is 0.446 e. The highest BCUT2D eigenvalue weighted by Gasteiger charge is 2.34. The number of fused-ring (bicyclic) bond motifs is 1. The number of allylic oxidation sites excluding steroid dienone is 2. The fraction of sp³-hybridized carbons (Fsp3) is 0.565. The van der Waals surface area contributed by atoms with E-state index in [0.717, 1.165) is 18.7 Å². The summed E-state index contributed by atoms with van der Waals surface area (Å²) in [5, 5.41) is 0. The second-order valence-corrected chi connectivity index (χ2v) is 9.36. The van der Waals surface area contributed by atoms with Crippen LogP contribution in [0.15, 0.2) is 11.6 Å². The van der Waals surface area contributed by atoms with E-state index in [1.807, 2.05) is 6.92 Å². The lowest BCUT2D eigenvalue weighted by Crippen LogP contribution is -2.38. The average molecular weight is 514 g/mol. The molecule has 2 aliphatic heterocycles. The summed E-state index contributed by atoms with van der Waals surface area (Å²) in [7, 11) is -3.50. The molecule has 1 N–H and O–H groups in total. The summed E-state index contributed by atoms with van der Waals surface area (Å²) in [6.45, 7) is 7.50. The molecule has 1 fully saturated rings. The van der Waals surface area contributed by atoms with Gasteiger partial charge in [0.1, 0.15) is 24.5 Å². The van der Waals surface area contributed by atoms with Crippen LogP contribution in [-0.2, 0) is 42.4 Å². The fourth-order valence-corrected chi connectivity index (χ4v) is 4.46. The van der Waals surface area contributed by atoms with E-state index >= 15 is 0 Å². The first-order chi connectivity index (χ1) is 16.6. The predicted molar refractivity (Wildman–Crippen MR) is 124 cm³/mol. The summed E-state index contributed by atoms with van der Waals surface area (Å²) >= 11 is 0. The van der Waals surface area contributed by atoms with Gasteiger partial charge in [-0.1, -0.05) is 11.6 Å². The van der Waals surface area contributed by atoms with Crippen molar-refractivity contribution >= 4 is 22.3 Å². The molecule has 0 unspecified atom stereocenters. The molecule has 1 aromatic rings. The van der Waals surface area contributed by atoms with Gasteiger partial charge in [-0.2, -0.15) is 8.42 Å². The Labute approximate surface area is 204 Å². The maximum absolute atomic E-state index is 12.3. The molecule has 0 spiro atoms. The highest BCUT2D eigenvalue weighted by Crippen LogP contribution is 2.43.